The number of rotatable bonds is 2. The lowest BCUT2D eigenvalue weighted by molar-refractivity contribution is 0.683. The van der Waals surface area contributed by atoms with E-state index >= 15 is 0 Å². The van der Waals surface area contributed by atoms with Crippen LogP contribution in [-0.2, 0) is 10.8 Å². The van der Waals surface area contributed by atoms with Crippen LogP contribution in [0.4, 0.5) is 0 Å². The van der Waals surface area contributed by atoms with Crippen molar-refractivity contribution in [1.82, 2.24) is 0 Å². The van der Waals surface area contributed by atoms with Gasteiger partial charge in [0.1, 0.15) is 0 Å². The third-order valence-electron chi connectivity index (χ3n) is 4.65. The number of fused-ring (bicyclic) bond motifs is 3. The average Bonchev–Trinajstić information content (AvgIpc) is 2.98. The van der Waals surface area contributed by atoms with E-state index in [1.165, 1.54) is 33.0 Å². The molecule has 0 saturated carbocycles. The van der Waals surface area contributed by atoms with Gasteiger partial charge in [0.15, 0.2) is 0 Å². The lowest BCUT2D eigenvalue weighted by Crippen LogP contribution is -1.93. The summed E-state index contributed by atoms with van der Waals surface area (Å²) in [6.45, 7) is 0. The Balaban J connectivity index is 1.72. The molecule has 0 heterocycles. The molecular formula is C22H14OS. The van der Waals surface area contributed by atoms with E-state index in [2.05, 4.69) is 48.5 Å². The topological polar surface area (TPSA) is 17.1 Å². The molecule has 0 N–H and O–H groups in total. The third-order valence-corrected chi connectivity index (χ3v) is 6.03. The second-order valence-electron chi connectivity index (χ2n) is 6.00. The molecule has 1 unspecified atom stereocenters. The second-order valence-corrected chi connectivity index (χ2v) is 7.48. The first-order chi connectivity index (χ1) is 11.8. The highest BCUT2D eigenvalue weighted by molar-refractivity contribution is 7.85. The van der Waals surface area contributed by atoms with Crippen molar-refractivity contribution in [3.63, 3.8) is 0 Å². The van der Waals surface area contributed by atoms with Gasteiger partial charge in [0.25, 0.3) is 0 Å². The minimum Gasteiger partial charge on any atom is -0.249 e. The monoisotopic (exact) mass is 326 g/mol. The van der Waals surface area contributed by atoms with Crippen molar-refractivity contribution in [2.75, 3.05) is 0 Å². The normalized spacial score (nSPS) is 13.0. The number of hydrogen-bond acceptors (Lipinski definition) is 1. The summed E-state index contributed by atoms with van der Waals surface area (Å²) in [4.78, 5) is 1.69. The van der Waals surface area contributed by atoms with Crippen molar-refractivity contribution in [1.29, 1.82) is 0 Å². The van der Waals surface area contributed by atoms with E-state index in [1.807, 2.05) is 36.4 Å². The predicted molar refractivity (Wildman–Crippen MR) is 99.5 cm³/mol. The van der Waals surface area contributed by atoms with Gasteiger partial charge in [-0.1, -0.05) is 60.7 Å². The summed E-state index contributed by atoms with van der Waals surface area (Å²) in [5.74, 6) is 0. The standard InChI is InChI=1S/C22H14OS/c23-24(16-8-2-1-3-9-16)17-12-13-18-19-10-4-6-15-7-5-11-20(22(15)19)21(18)14-17/h1-14H. The van der Waals surface area contributed by atoms with Crippen LogP contribution in [0.15, 0.2) is 94.7 Å². The summed E-state index contributed by atoms with van der Waals surface area (Å²) in [6.07, 6.45) is 0. The van der Waals surface area contributed by atoms with Gasteiger partial charge in [0.05, 0.1) is 10.8 Å². The van der Waals surface area contributed by atoms with Crippen molar-refractivity contribution in [3.05, 3.63) is 84.9 Å². The lowest BCUT2D eigenvalue weighted by Gasteiger charge is -2.06. The molecule has 0 spiro atoms. The fraction of sp³-hybridized carbons (Fsp3) is 0. The van der Waals surface area contributed by atoms with E-state index in [0.717, 1.165) is 9.79 Å². The van der Waals surface area contributed by atoms with Crippen LogP contribution in [-0.4, -0.2) is 4.21 Å². The molecule has 0 amide bonds. The van der Waals surface area contributed by atoms with E-state index in [0.29, 0.717) is 0 Å². The third kappa shape index (κ3) is 1.90. The molecule has 2 heteroatoms. The van der Waals surface area contributed by atoms with Gasteiger partial charge in [-0.3, -0.25) is 0 Å². The summed E-state index contributed by atoms with van der Waals surface area (Å²) in [5, 5.41) is 2.56. The molecule has 1 nitrogen and oxygen atoms in total. The zero-order chi connectivity index (χ0) is 16.1. The maximum Gasteiger partial charge on any atom is 0.0849 e. The van der Waals surface area contributed by atoms with Gasteiger partial charge in [0, 0.05) is 9.79 Å². The Hall–Kier alpha value is -2.71. The van der Waals surface area contributed by atoms with Crippen LogP contribution in [0.5, 0.6) is 0 Å². The Morgan fingerprint density at radius 1 is 0.542 bits per heavy atom. The van der Waals surface area contributed by atoms with Crippen LogP contribution in [0.1, 0.15) is 0 Å². The summed E-state index contributed by atoms with van der Waals surface area (Å²) in [5.41, 5.74) is 4.93. The van der Waals surface area contributed by atoms with Crippen molar-refractivity contribution < 1.29 is 4.21 Å². The van der Waals surface area contributed by atoms with E-state index in [-0.39, 0.29) is 0 Å². The average molecular weight is 326 g/mol. The molecule has 0 bridgehead atoms. The van der Waals surface area contributed by atoms with Crippen LogP contribution in [0.25, 0.3) is 33.0 Å². The van der Waals surface area contributed by atoms with Gasteiger partial charge >= 0.3 is 0 Å². The molecule has 0 radical (unpaired) electrons. The Labute approximate surface area is 143 Å². The molecule has 1 aliphatic rings. The molecule has 114 valence electrons. The van der Waals surface area contributed by atoms with Gasteiger partial charge in [-0.25, -0.2) is 4.21 Å². The summed E-state index contributed by atoms with van der Waals surface area (Å²) in [7, 11) is -1.15. The number of hydrogen-bond donors (Lipinski definition) is 0. The molecule has 1 aliphatic carbocycles. The highest BCUT2D eigenvalue weighted by Crippen LogP contribution is 2.47. The molecule has 24 heavy (non-hydrogen) atoms. The quantitative estimate of drug-likeness (QED) is 0.409. The van der Waals surface area contributed by atoms with Gasteiger partial charge in [-0.15, -0.1) is 0 Å². The maximum atomic E-state index is 12.9. The Morgan fingerprint density at radius 2 is 1.25 bits per heavy atom. The highest BCUT2D eigenvalue weighted by atomic mass is 32.2. The van der Waals surface area contributed by atoms with Gasteiger partial charge in [-0.05, 0) is 57.3 Å². The summed E-state index contributed by atoms with van der Waals surface area (Å²) < 4.78 is 12.9. The maximum absolute atomic E-state index is 12.9. The fourth-order valence-corrected chi connectivity index (χ4v) is 4.66. The lowest BCUT2D eigenvalue weighted by atomic mass is 10.0. The Morgan fingerprint density at radius 3 is 2.00 bits per heavy atom. The second kappa shape index (κ2) is 5.15. The van der Waals surface area contributed by atoms with E-state index in [1.54, 1.807) is 0 Å². The van der Waals surface area contributed by atoms with Crippen LogP contribution in [0.2, 0.25) is 0 Å². The van der Waals surface area contributed by atoms with Crippen molar-refractivity contribution in [2.45, 2.75) is 9.79 Å². The molecule has 0 fully saturated rings. The molecule has 1 atom stereocenters. The molecular weight excluding hydrogens is 312 g/mol. The summed E-state index contributed by atoms with van der Waals surface area (Å²) in [6, 6.07) is 28.7. The Kier molecular flexibility index (Phi) is 2.94. The minimum atomic E-state index is -1.15. The van der Waals surface area contributed by atoms with Gasteiger partial charge in [0.2, 0.25) is 0 Å². The van der Waals surface area contributed by atoms with Gasteiger partial charge in [-0.2, -0.15) is 0 Å². The molecule has 4 aromatic carbocycles. The zero-order valence-electron chi connectivity index (χ0n) is 12.9. The summed E-state index contributed by atoms with van der Waals surface area (Å²) >= 11 is 0. The molecule has 0 aliphatic heterocycles. The molecule has 5 rings (SSSR count). The van der Waals surface area contributed by atoms with Gasteiger partial charge < -0.3 is 0 Å². The van der Waals surface area contributed by atoms with E-state index in [4.69, 9.17) is 0 Å². The highest BCUT2D eigenvalue weighted by Gasteiger charge is 2.22. The molecule has 0 aromatic heterocycles. The predicted octanol–water partition coefficient (Wildman–Crippen LogP) is 5.65. The van der Waals surface area contributed by atoms with Crippen molar-refractivity contribution >= 4 is 21.6 Å². The zero-order valence-corrected chi connectivity index (χ0v) is 13.7. The SMILES string of the molecule is O=S(c1ccccc1)c1ccc2c(c1)-c1cccc3cccc-2c13. The first kappa shape index (κ1) is 13.7. The van der Waals surface area contributed by atoms with E-state index < -0.39 is 10.8 Å². The largest absolute Gasteiger partial charge is 0.249 e. The molecule has 0 saturated heterocycles. The molecule has 4 aromatic rings. The van der Waals surface area contributed by atoms with Crippen LogP contribution < -0.4 is 0 Å². The first-order valence-corrected chi connectivity index (χ1v) is 9.11. The Bertz CT molecular complexity index is 1110. The fourth-order valence-electron chi connectivity index (χ4n) is 3.57. The smallest absolute Gasteiger partial charge is 0.0849 e. The van der Waals surface area contributed by atoms with E-state index in [9.17, 15) is 4.21 Å². The van der Waals surface area contributed by atoms with Crippen molar-refractivity contribution in [2.24, 2.45) is 0 Å². The van der Waals surface area contributed by atoms with Crippen molar-refractivity contribution in [3.8, 4) is 22.3 Å². The number of benzene rings is 4. The minimum absolute atomic E-state index is 0.839. The van der Waals surface area contributed by atoms with Crippen LogP contribution in [0, 0.1) is 0 Å². The van der Waals surface area contributed by atoms with Crippen LogP contribution >= 0.6 is 0 Å². The first-order valence-electron chi connectivity index (χ1n) is 7.96. The van der Waals surface area contributed by atoms with Crippen LogP contribution in [0.3, 0.4) is 0 Å².